The summed E-state index contributed by atoms with van der Waals surface area (Å²) in [6, 6.07) is 37.1. The molecule has 0 radical (unpaired) electrons. The molecule has 0 spiro atoms. The Morgan fingerprint density at radius 3 is 1.68 bits per heavy atom. The number of hydrogen-bond acceptors (Lipinski definition) is 4. The lowest BCUT2D eigenvalue weighted by atomic mass is 9.92. The summed E-state index contributed by atoms with van der Waals surface area (Å²) in [7, 11) is 0. The molecule has 0 saturated heterocycles. The molecule has 1 aliphatic rings. The first kappa shape index (κ1) is 18.8. The zero-order valence-corrected chi connectivity index (χ0v) is 18.1. The Kier molecular flexibility index (Phi) is 4.11. The van der Waals surface area contributed by atoms with E-state index in [2.05, 4.69) is 76.7 Å². The molecule has 0 fully saturated rings. The van der Waals surface area contributed by atoms with Crippen LogP contribution in [0, 0.1) is 0 Å². The highest BCUT2D eigenvalue weighted by atomic mass is 16.6. The molecule has 1 aromatic heterocycles. The lowest BCUT2D eigenvalue weighted by molar-refractivity contribution is 0.339. The van der Waals surface area contributed by atoms with Crippen LogP contribution in [-0.2, 0) is 0 Å². The van der Waals surface area contributed by atoms with E-state index in [1.807, 2.05) is 42.5 Å². The number of fused-ring (bicyclic) bond motifs is 4. The lowest BCUT2D eigenvalue weighted by Gasteiger charge is -2.20. The van der Waals surface area contributed by atoms with Crippen LogP contribution in [0.5, 0.6) is 23.3 Å². The fourth-order valence-electron chi connectivity index (χ4n) is 4.57. The molecule has 0 aliphatic carbocycles. The van der Waals surface area contributed by atoms with E-state index >= 15 is 0 Å². The largest absolute Gasteiger partial charge is 0.431 e. The molecular formula is C30H18N2O2. The van der Waals surface area contributed by atoms with Crippen LogP contribution in [0.2, 0.25) is 0 Å². The molecule has 0 N–H and O–H groups in total. The SMILES string of the molecule is c1ccc(-c2ccc(-c3ccc4c(c3)Oc3nc5ccccc5nc3O4)c3ccccc23)cc1. The van der Waals surface area contributed by atoms with Crippen molar-refractivity contribution in [1.82, 2.24) is 9.97 Å². The number of hydrogen-bond donors (Lipinski definition) is 0. The fraction of sp³-hybridized carbons (Fsp3) is 0. The first-order chi connectivity index (χ1) is 16.8. The molecule has 0 unspecified atom stereocenters. The van der Waals surface area contributed by atoms with Gasteiger partial charge in [0.2, 0.25) is 0 Å². The van der Waals surface area contributed by atoms with Crippen LogP contribution >= 0.6 is 0 Å². The minimum Gasteiger partial charge on any atom is -0.431 e. The van der Waals surface area contributed by atoms with Gasteiger partial charge in [0.25, 0.3) is 11.8 Å². The third kappa shape index (κ3) is 3.00. The molecule has 1 aliphatic heterocycles. The second-order valence-corrected chi connectivity index (χ2v) is 8.26. The summed E-state index contributed by atoms with van der Waals surface area (Å²) in [6.45, 7) is 0. The van der Waals surface area contributed by atoms with E-state index < -0.39 is 0 Å². The molecule has 0 saturated carbocycles. The van der Waals surface area contributed by atoms with Gasteiger partial charge in [-0.3, -0.25) is 0 Å². The average Bonchev–Trinajstić information content (AvgIpc) is 2.90. The highest BCUT2D eigenvalue weighted by Crippen LogP contribution is 2.46. The molecule has 2 heterocycles. The zero-order valence-electron chi connectivity index (χ0n) is 18.1. The van der Waals surface area contributed by atoms with Gasteiger partial charge in [-0.2, -0.15) is 0 Å². The second-order valence-electron chi connectivity index (χ2n) is 8.26. The van der Waals surface area contributed by atoms with Crippen LogP contribution in [-0.4, -0.2) is 9.97 Å². The van der Waals surface area contributed by atoms with Crippen molar-refractivity contribution in [2.45, 2.75) is 0 Å². The summed E-state index contributed by atoms with van der Waals surface area (Å²) >= 11 is 0. The number of nitrogens with zero attached hydrogens (tertiary/aromatic N) is 2. The summed E-state index contributed by atoms with van der Waals surface area (Å²) in [4.78, 5) is 9.17. The van der Waals surface area contributed by atoms with Crippen LogP contribution < -0.4 is 9.47 Å². The normalized spacial score (nSPS) is 12.0. The molecule has 160 valence electrons. The Bertz CT molecular complexity index is 1710. The first-order valence-electron chi connectivity index (χ1n) is 11.2. The number of para-hydroxylation sites is 2. The zero-order chi connectivity index (χ0) is 22.5. The fourth-order valence-corrected chi connectivity index (χ4v) is 4.57. The van der Waals surface area contributed by atoms with Crippen molar-refractivity contribution in [3.63, 3.8) is 0 Å². The van der Waals surface area contributed by atoms with E-state index in [4.69, 9.17) is 9.47 Å². The van der Waals surface area contributed by atoms with Crippen LogP contribution in [0.1, 0.15) is 0 Å². The van der Waals surface area contributed by atoms with Gasteiger partial charge in [-0.05, 0) is 57.3 Å². The number of aromatic nitrogens is 2. The smallest absolute Gasteiger partial charge is 0.284 e. The van der Waals surface area contributed by atoms with Gasteiger partial charge in [-0.1, -0.05) is 84.9 Å². The van der Waals surface area contributed by atoms with E-state index in [-0.39, 0.29) is 0 Å². The lowest BCUT2D eigenvalue weighted by Crippen LogP contribution is -2.03. The third-order valence-corrected chi connectivity index (χ3v) is 6.19. The number of benzene rings is 5. The van der Waals surface area contributed by atoms with Crippen molar-refractivity contribution >= 4 is 21.8 Å². The number of ether oxygens (including phenoxy) is 2. The first-order valence-corrected chi connectivity index (χ1v) is 11.2. The van der Waals surface area contributed by atoms with E-state index in [1.165, 1.54) is 21.9 Å². The summed E-state index contributed by atoms with van der Waals surface area (Å²) in [5.41, 5.74) is 6.15. The highest BCUT2D eigenvalue weighted by Gasteiger charge is 2.23. The van der Waals surface area contributed by atoms with Crippen LogP contribution in [0.15, 0.2) is 109 Å². The average molecular weight is 438 g/mol. The maximum atomic E-state index is 6.15. The topological polar surface area (TPSA) is 44.2 Å². The number of rotatable bonds is 2. The Morgan fingerprint density at radius 2 is 1.00 bits per heavy atom. The van der Waals surface area contributed by atoms with Crippen molar-refractivity contribution in [2.75, 3.05) is 0 Å². The van der Waals surface area contributed by atoms with Crippen molar-refractivity contribution in [1.29, 1.82) is 0 Å². The van der Waals surface area contributed by atoms with Gasteiger partial charge in [0.1, 0.15) is 0 Å². The van der Waals surface area contributed by atoms with Gasteiger partial charge in [-0.25, -0.2) is 9.97 Å². The maximum Gasteiger partial charge on any atom is 0.284 e. The summed E-state index contributed by atoms with van der Waals surface area (Å²) < 4.78 is 12.2. The molecule has 4 nitrogen and oxygen atoms in total. The van der Waals surface area contributed by atoms with E-state index in [0.717, 1.165) is 22.2 Å². The minimum absolute atomic E-state index is 0.382. The van der Waals surface area contributed by atoms with Gasteiger partial charge in [-0.15, -0.1) is 0 Å². The maximum absolute atomic E-state index is 6.15. The van der Waals surface area contributed by atoms with Crippen molar-refractivity contribution in [2.24, 2.45) is 0 Å². The minimum atomic E-state index is 0.382. The molecule has 7 rings (SSSR count). The summed E-state index contributed by atoms with van der Waals surface area (Å²) in [5, 5.41) is 2.40. The van der Waals surface area contributed by atoms with Crippen molar-refractivity contribution < 1.29 is 9.47 Å². The summed E-state index contributed by atoms with van der Waals surface area (Å²) in [6.07, 6.45) is 0. The Morgan fingerprint density at radius 1 is 0.441 bits per heavy atom. The second kappa shape index (κ2) is 7.42. The highest BCUT2D eigenvalue weighted by molar-refractivity contribution is 6.05. The van der Waals surface area contributed by atoms with Crippen LogP contribution in [0.4, 0.5) is 0 Å². The standard InChI is InChI=1S/C30H18N2O2/c1-2-8-19(9-3-1)21-15-16-22(24-11-5-4-10-23(21)24)20-14-17-27-28(18-20)34-30-29(33-27)31-25-12-6-7-13-26(25)32-30/h1-18H. The van der Waals surface area contributed by atoms with Crippen molar-refractivity contribution in [3.05, 3.63) is 109 Å². The molecule has 4 heteroatoms. The molecule has 0 bridgehead atoms. The van der Waals surface area contributed by atoms with E-state index in [9.17, 15) is 0 Å². The van der Waals surface area contributed by atoms with Gasteiger partial charge in [0.05, 0.1) is 11.0 Å². The van der Waals surface area contributed by atoms with Crippen LogP contribution in [0.3, 0.4) is 0 Å². The molecular weight excluding hydrogens is 420 g/mol. The predicted octanol–water partition coefficient (Wildman–Crippen LogP) is 8.02. The molecule has 5 aromatic carbocycles. The molecule has 0 atom stereocenters. The Hall–Kier alpha value is -4.70. The van der Waals surface area contributed by atoms with Gasteiger partial charge in [0, 0.05) is 0 Å². The third-order valence-electron chi connectivity index (χ3n) is 6.19. The Labute approximate surface area is 196 Å². The monoisotopic (exact) mass is 438 g/mol. The quantitative estimate of drug-likeness (QED) is 0.274. The predicted molar refractivity (Wildman–Crippen MR) is 135 cm³/mol. The van der Waals surface area contributed by atoms with Crippen molar-refractivity contribution in [3.8, 4) is 45.5 Å². The van der Waals surface area contributed by atoms with Gasteiger partial charge < -0.3 is 9.47 Å². The van der Waals surface area contributed by atoms with Gasteiger partial charge in [0.15, 0.2) is 11.5 Å². The molecule has 0 amide bonds. The molecule has 6 aromatic rings. The van der Waals surface area contributed by atoms with Crippen LogP contribution in [0.25, 0.3) is 44.1 Å². The summed E-state index contributed by atoms with van der Waals surface area (Å²) in [5.74, 6) is 2.03. The molecule has 34 heavy (non-hydrogen) atoms. The van der Waals surface area contributed by atoms with E-state index in [1.54, 1.807) is 0 Å². The Balaban J connectivity index is 1.34. The van der Waals surface area contributed by atoms with E-state index in [0.29, 0.717) is 23.3 Å². The van der Waals surface area contributed by atoms with Gasteiger partial charge >= 0.3 is 0 Å².